The lowest BCUT2D eigenvalue weighted by atomic mass is 9.98. The second-order valence-electron chi connectivity index (χ2n) is 8.69. The third-order valence-corrected chi connectivity index (χ3v) is 6.54. The van der Waals surface area contributed by atoms with Crippen LogP contribution in [0.2, 0.25) is 0 Å². The highest BCUT2D eigenvalue weighted by molar-refractivity contribution is 7.10. The molecule has 1 aromatic heterocycles. The zero-order valence-corrected chi connectivity index (χ0v) is 20.3. The van der Waals surface area contributed by atoms with Crippen molar-refractivity contribution in [3.63, 3.8) is 0 Å². The Hall–Kier alpha value is -3.78. The van der Waals surface area contributed by atoms with Crippen molar-refractivity contribution < 1.29 is 28.6 Å². The Morgan fingerprint density at radius 1 is 1.11 bits per heavy atom. The van der Waals surface area contributed by atoms with Gasteiger partial charge in [-0.2, -0.15) is 0 Å². The first-order chi connectivity index (χ1) is 16.7. The highest BCUT2D eigenvalue weighted by Gasteiger charge is 2.47. The molecular weight excluding hydrogens is 469 g/mol. The van der Waals surface area contributed by atoms with Crippen LogP contribution in [0.3, 0.4) is 0 Å². The Bertz CT molecular complexity index is 1310. The molecule has 2 heterocycles. The summed E-state index contributed by atoms with van der Waals surface area (Å²) in [5.74, 6) is -2.75. The van der Waals surface area contributed by atoms with Crippen molar-refractivity contribution >= 4 is 40.4 Å². The average Bonchev–Trinajstić information content (AvgIpc) is 3.46. The molecule has 3 aromatic rings. The highest BCUT2D eigenvalue weighted by atomic mass is 32.1. The van der Waals surface area contributed by atoms with E-state index in [0.717, 1.165) is 0 Å². The number of hydrogen-bond acceptors (Lipinski definition) is 6. The van der Waals surface area contributed by atoms with E-state index in [1.54, 1.807) is 31.2 Å². The van der Waals surface area contributed by atoms with Gasteiger partial charge in [-0.05, 0) is 72.3 Å². The lowest BCUT2D eigenvalue weighted by Gasteiger charge is -2.24. The van der Waals surface area contributed by atoms with Crippen LogP contribution in [0, 0.1) is 18.7 Å². The number of aliphatic hydroxyl groups is 1. The van der Waals surface area contributed by atoms with E-state index in [0.29, 0.717) is 21.7 Å². The van der Waals surface area contributed by atoms with Crippen molar-refractivity contribution in [2.24, 2.45) is 5.92 Å². The van der Waals surface area contributed by atoms with Crippen LogP contribution in [-0.2, 0) is 14.3 Å². The minimum atomic E-state index is -0.876. The number of carbonyl (C=O) groups excluding carboxylic acids is 3. The Balaban J connectivity index is 1.76. The Morgan fingerprint density at radius 3 is 2.40 bits per heavy atom. The van der Waals surface area contributed by atoms with E-state index >= 15 is 0 Å². The summed E-state index contributed by atoms with van der Waals surface area (Å²) in [5.41, 5.74) is 1.17. The molecular formula is C27H24FNO5S. The molecule has 0 aliphatic carbocycles. The molecule has 8 heteroatoms. The largest absolute Gasteiger partial charge is 0.507 e. The van der Waals surface area contributed by atoms with Crippen LogP contribution in [0.1, 0.15) is 46.3 Å². The molecule has 6 nitrogen and oxygen atoms in total. The van der Waals surface area contributed by atoms with Gasteiger partial charge in [-0.1, -0.05) is 19.9 Å². The molecule has 1 saturated heterocycles. The van der Waals surface area contributed by atoms with Crippen molar-refractivity contribution in [1.29, 1.82) is 0 Å². The molecule has 1 aliphatic rings. The molecule has 1 aliphatic heterocycles. The van der Waals surface area contributed by atoms with Gasteiger partial charge in [-0.25, -0.2) is 9.18 Å². The molecule has 1 fully saturated rings. The number of amides is 1. The lowest BCUT2D eigenvalue weighted by Crippen LogP contribution is -2.29. The van der Waals surface area contributed by atoms with Gasteiger partial charge in [0.25, 0.3) is 11.7 Å². The highest BCUT2D eigenvalue weighted by Crippen LogP contribution is 2.43. The Kier molecular flexibility index (Phi) is 6.84. The summed E-state index contributed by atoms with van der Waals surface area (Å²) >= 11 is 1.34. The van der Waals surface area contributed by atoms with Gasteiger partial charge in [0.15, 0.2) is 0 Å². The number of carbonyl (C=O) groups is 3. The van der Waals surface area contributed by atoms with E-state index in [1.165, 1.54) is 46.6 Å². The van der Waals surface area contributed by atoms with E-state index in [2.05, 4.69) is 0 Å². The number of ether oxygens (including phenoxy) is 1. The average molecular weight is 494 g/mol. The number of esters is 1. The summed E-state index contributed by atoms with van der Waals surface area (Å²) in [6, 6.07) is 12.9. The molecule has 1 amide bonds. The number of benzene rings is 2. The number of ketones is 1. The molecule has 1 atom stereocenters. The summed E-state index contributed by atoms with van der Waals surface area (Å²) in [6.07, 6.45) is 0. The molecule has 2 aromatic carbocycles. The standard InChI is InChI=1S/C27H24FNO5S/c1-15(2)14-34-27(33)17-6-9-19(10-7-17)29-23(21-5-4-12-35-21)22(25(31)26(29)32)24(30)18-8-11-20(28)16(3)13-18/h4-13,15,23,30H,14H2,1-3H3/b24-22-. The number of nitrogens with zero attached hydrogens (tertiary/aromatic N) is 1. The van der Waals surface area contributed by atoms with Crippen molar-refractivity contribution in [3.8, 4) is 0 Å². The molecule has 180 valence electrons. The molecule has 1 N–H and O–H groups in total. The van der Waals surface area contributed by atoms with Gasteiger partial charge in [0.1, 0.15) is 17.6 Å². The van der Waals surface area contributed by atoms with E-state index in [-0.39, 0.29) is 29.4 Å². The summed E-state index contributed by atoms with van der Waals surface area (Å²) < 4.78 is 19.0. The number of halogens is 1. The topological polar surface area (TPSA) is 83.9 Å². The maximum absolute atomic E-state index is 13.8. The number of aryl methyl sites for hydroxylation is 1. The molecule has 35 heavy (non-hydrogen) atoms. The zero-order chi connectivity index (χ0) is 25.3. The smallest absolute Gasteiger partial charge is 0.338 e. The second kappa shape index (κ2) is 9.84. The number of rotatable bonds is 6. The molecule has 0 saturated carbocycles. The van der Waals surface area contributed by atoms with Crippen LogP contribution >= 0.6 is 11.3 Å². The van der Waals surface area contributed by atoms with Gasteiger partial charge in [0.05, 0.1) is 17.7 Å². The minimum absolute atomic E-state index is 0.0797. The van der Waals surface area contributed by atoms with Gasteiger partial charge >= 0.3 is 5.97 Å². The zero-order valence-electron chi connectivity index (χ0n) is 19.4. The Morgan fingerprint density at radius 2 is 1.80 bits per heavy atom. The second-order valence-corrected chi connectivity index (χ2v) is 9.67. The van der Waals surface area contributed by atoms with Crippen LogP contribution in [0.15, 0.2) is 65.6 Å². The van der Waals surface area contributed by atoms with Crippen molar-refractivity contribution in [1.82, 2.24) is 0 Å². The fourth-order valence-electron chi connectivity index (χ4n) is 3.85. The van der Waals surface area contributed by atoms with Gasteiger partial charge in [0, 0.05) is 16.1 Å². The van der Waals surface area contributed by atoms with Crippen LogP contribution in [0.5, 0.6) is 0 Å². The first-order valence-corrected chi connectivity index (χ1v) is 11.9. The number of Topliss-reactive ketones (excluding diaryl/α,β-unsaturated/α-hetero) is 1. The SMILES string of the molecule is Cc1cc(/C(O)=C2/C(=O)C(=O)N(c3ccc(C(=O)OCC(C)C)cc3)C2c2cccs2)ccc1F. The third kappa shape index (κ3) is 4.74. The minimum Gasteiger partial charge on any atom is -0.507 e. The van der Waals surface area contributed by atoms with Gasteiger partial charge < -0.3 is 9.84 Å². The maximum Gasteiger partial charge on any atom is 0.338 e. The van der Waals surface area contributed by atoms with E-state index < -0.39 is 29.5 Å². The number of thiophene rings is 1. The monoisotopic (exact) mass is 493 g/mol. The molecule has 4 rings (SSSR count). The third-order valence-electron chi connectivity index (χ3n) is 5.62. The Labute approximate surface area is 206 Å². The first kappa shape index (κ1) is 24.3. The van der Waals surface area contributed by atoms with Crippen LogP contribution in [0.25, 0.3) is 5.76 Å². The quantitative estimate of drug-likeness (QED) is 0.208. The number of aliphatic hydroxyl groups excluding tert-OH is 1. The summed E-state index contributed by atoms with van der Waals surface area (Å²) in [6.45, 7) is 5.71. The predicted octanol–water partition coefficient (Wildman–Crippen LogP) is 5.63. The van der Waals surface area contributed by atoms with E-state index in [1.807, 2.05) is 19.2 Å². The first-order valence-electron chi connectivity index (χ1n) is 11.1. The summed E-state index contributed by atoms with van der Waals surface area (Å²) in [4.78, 5) is 40.5. The van der Waals surface area contributed by atoms with Crippen LogP contribution in [-0.4, -0.2) is 29.4 Å². The van der Waals surface area contributed by atoms with E-state index in [9.17, 15) is 23.9 Å². The summed E-state index contributed by atoms with van der Waals surface area (Å²) in [7, 11) is 0. The molecule has 0 radical (unpaired) electrons. The molecule has 0 bridgehead atoms. The van der Waals surface area contributed by atoms with Crippen molar-refractivity contribution in [2.45, 2.75) is 26.8 Å². The van der Waals surface area contributed by atoms with Crippen LogP contribution < -0.4 is 4.90 Å². The van der Waals surface area contributed by atoms with E-state index in [4.69, 9.17) is 4.74 Å². The van der Waals surface area contributed by atoms with Crippen molar-refractivity contribution in [2.75, 3.05) is 11.5 Å². The van der Waals surface area contributed by atoms with Gasteiger partial charge in [0.2, 0.25) is 0 Å². The lowest BCUT2D eigenvalue weighted by molar-refractivity contribution is -0.132. The predicted molar refractivity (Wildman–Crippen MR) is 132 cm³/mol. The maximum atomic E-state index is 13.8. The van der Waals surface area contributed by atoms with Crippen LogP contribution in [0.4, 0.5) is 10.1 Å². The molecule has 1 unspecified atom stereocenters. The number of hydrogen-bond donors (Lipinski definition) is 1. The fraction of sp³-hybridized carbons (Fsp3) is 0.222. The summed E-state index contributed by atoms with van der Waals surface area (Å²) in [5, 5.41) is 12.9. The normalized spacial score (nSPS) is 17.3. The molecule has 0 spiro atoms. The van der Waals surface area contributed by atoms with Gasteiger partial charge in [-0.15, -0.1) is 11.3 Å². The number of anilines is 1. The van der Waals surface area contributed by atoms with Gasteiger partial charge in [-0.3, -0.25) is 14.5 Å². The fourth-order valence-corrected chi connectivity index (χ4v) is 4.67. The van der Waals surface area contributed by atoms with Crippen molar-refractivity contribution in [3.05, 3.63) is 92.9 Å².